The standard InChI is InChI=1S/C56H54N4/c1-29-19-33(5)49(34(6)20-29)53-41-27-48(57-28-41)56(52-39(11)25-32(4)26-40(52)12)47-18-17-46(60-47)55(51-37(9)23-31(3)24-38(51)10)45-16-15-44(59-45)54(43-14-13-42(53)58-43)50-35(7)21-30(2)22-36(50)8/h13-28,58,60H,1-12H3. The first-order valence-electron chi connectivity index (χ1n) is 21.1. The minimum atomic E-state index is 0.934. The lowest BCUT2D eigenvalue weighted by Crippen LogP contribution is -1.96. The maximum absolute atomic E-state index is 5.63. The van der Waals surface area contributed by atoms with Crippen LogP contribution in [0.5, 0.6) is 0 Å². The largest absolute Gasteiger partial charge is 0.354 e. The normalized spacial score (nSPS) is 12.2. The molecular weight excluding hydrogens is 729 g/mol. The molecule has 0 spiro atoms. The molecule has 3 aromatic heterocycles. The van der Waals surface area contributed by atoms with Crippen molar-refractivity contribution in [3.63, 3.8) is 0 Å². The van der Waals surface area contributed by atoms with Crippen molar-refractivity contribution < 1.29 is 0 Å². The molecule has 9 rings (SSSR count). The van der Waals surface area contributed by atoms with E-state index < -0.39 is 0 Å². The van der Waals surface area contributed by atoms with Gasteiger partial charge in [-0.3, -0.25) is 4.99 Å². The van der Waals surface area contributed by atoms with Gasteiger partial charge in [0.15, 0.2) is 0 Å². The Labute approximate surface area is 354 Å². The van der Waals surface area contributed by atoms with E-state index in [1.165, 1.54) is 89.0 Å². The van der Waals surface area contributed by atoms with Crippen LogP contribution < -0.4 is 0 Å². The summed E-state index contributed by atoms with van der Waals surface area (Å²) in [5.41, 5.74) is 32.1. The summed E-state index contributed by atoms with van der Waals surface area (Å²) in [6, 6.07) is 29.6. The molecule has 4 heteroatoms. The number of aliphatic imine (C=N–C) groups is 1. The highest BCUT2D eigenvalue weighted by atomic mass is 14.8. The number of nitrogens with one attached hydrogen (secondary N) is 2. The fourth-order valence-electron chi connectivity index (χ4n) is 10.6. The van der Waals surface area contributed by atoms with E-state index >= 15 is 0 Å². The van der Waals surface area contributed by atoms with Gasteiger partial charge in [0.1, 0.15) is 0 Å². The first kappa shape index (κ1) is 39.0. The van der Waals surface area contributed by atoms with Gasteiger partial charge in [-0.25, -0.2) is 4.98 Å². The van der Waals surface area contributed by atoms with Crippen LogP contribution in [0.2, 0.25) is 0 Å². The van der Waals surface area contributed by atoms with Crippen molar-refractivity contribution in [1.82, 2.24) is 15.0 Å². The minimum Gasteiger partial charge on any atom is -0.354 e. The van der Waals surface area contributed by atoms with Crippen LogP contribution in [0.15, 0.2) is 83.9 Å². The Morgan fingerprint density at radius 1 is 0.333 bits per heavy atom. The number of benzene rings is 4. The molecule has 2 aliphatic heterocycles. The Bertz CT molecular complexity index is 2700. The third-order valence-corrected chi connectivity index (χ3v) is 12.5. The lowest BCUT2D eigenvalue weighted by Gasteiger charge is -2.15. The molecule has 8 bridgehead atoms. The fraction of sp³-hybridized carbons (Fsp3) is 0.214. The van der Waals surface area contributed by atoms with Crippen LogP contribution in [0.3, 0.4) is 0 Å². The molecule has 7 aromatic rings. The van der Waals surface area contributed by atoms with Crippen LogP contribution in [0.1, 0.15) is 83.7 Å². The molecule has 5 heterocycles. The molecule has 0 saturated heterocycles. The Hall–Kier alpha value is -6.52. The average molecular weight is 783 g/mol. The molecule has 4 nitrogen and oxygen atoms in total. The smallest absolute Gasteiger partial charge is 0.0737 e. The van der Waals surface area contributed by atoms with Crippen LogP contribution in [-0.2, 0) is 0 Å². The number of fused-ring (bicyclic) bond motifs is 8. The second-order valence-corrected chi connectivity index (χ2v) is 17.6. The highest BCUT2D eigenvalue weighted by Crippen LogP contribution is 2.44. The molecule has 0 radical (unpaired) electrons. The monoisotopic (exact) mass is 782 g/mol. The van der Waals surface area contributed by atoms with E-state index in [0.717, 1.165) is 67.0 Å². The van der Waals surface area contributed by atoms with Crippen molar-refractivity contribution in [3.05, 3.63) is 163 Å². The van der Waals surface area contributed by atoms with Gasteiger partial charge < -0.3 is 9.97 Å². The highest BCUT2D eigenvalue weighted by molar-refractivity contribution is 6.06. The highest BCUT2D eigenvalue weighted by Gasteiger charge is 2.23. The van der Waals surface area contributed by atoms with Gasteiger partial charge in [-0.15, -0.1) is 0 Å². The maximum Gasteiger partial charge on any atom is 0.0737 e. The van der Waals surface area contributed by atoms with E-state index in [0.29, 0.717) is 0 Å². The van der Waals surface area contributed by atoms with Crippen molar-refractivity contribution >= 4 is 46.1 Å². The number of aromatic nitrogens is 3. The lowest BCUT2D eigenvalue weighted by atomic mass is 9.91. The van der Waals surface area contributed by atoms with Gasteiger partial charge in [-0.05, 0) is 192 Å². The average Bonchev–Trinajstić information content (AvgIpc) is 3.99. The molecule has 0 aliphatic carbocycles. The van der Waals surface area contributed by atoms with Crippen molar-refractivity contribution in [2.75, 3.05) is 0 Å². The van der Waals surface area contributed by atoms with E-state index in [1.807, 2.05) is 0 Å². The van der Waals surface area contributed by atoms with E-state index in [1.54, 1.807) is 0 Å². The van der Waals surface area contributed by atoms with Gasteiger partial charge in [0.05, 0.1) is 17.1 Å². The number of hydrogen-bond donors (Lipinski definition) is 2. The first-order valence-corrected chi connectivity index (χ1v) is 21.1. The lowest BCUT2D eigenvalue weighted by molar-refractivity contribution is 1.27. The number of hydrogen-bond acceptors (Lipinski definition) is 2. The summed E-state index contributed by atoms with van der Waals surface area (Å²) in [5.74, 6) is 0. The minimum absolute atomic E-state index is 0.934. The van der Waals surface area contributed by atoms with E-state index in [4.69, 9.17) is 9.98 Å². The summed E-state index contributed by atoms with van der Waals surface area (Å²) in [5, 5.41) is 0. The van der Waals surface area contributed by atoms with E-state index in [-0.39, 0.29) is 0 Å². The molecule has 298 valence electrons. The number of H-pyrrole nitrogens is 2. The van der Waals surface area contributed by atoms with Gasteiger partial charge >= 0.3 is 0 Å². The summed E-state index contributed by atoms with van der Waals surface area (Å²) in [6.07, 6.45) is 6.50. The molecule has 0 fully saturated rings. The van der Waals surface area contributed by atoms with Gasteiger partial charge in [0, 0.05) is 56.1 Å². The molecule has 2 aliphatic rings. The maximum atomic E-state index is 5.63. The van der Waals surface area contributed by atoms with Gasteiger partial charge in [-0.1, -0.05) is 70.8 Å². The predicted molar refractivity (Wildman–Crippen MR) is 258 cm³/mol. The Morgan fingerprint density at radius 2 is 0.633 bits per heavy atom. The van der Waals surface area contributed by atoms with Crippen LogP contribution in [-0.4, -0.2) is 21.2 Å². The second kappa shape index (κ2) is 14.6. The topological polar surface area (TPSA) is 56.8 Å². The first-order chi connectivity index (χ1) is 28.7. The number of nitrogens with zero attached hydrogens (tertiary/aromatic N) is 2. The zero-order chi connectivity index (χ0) is 42.3. The Balaban J connectivity index is 1.54. The molecule has 0 unspecified atom stereocenters. The molecule has 60 heavy (non-hydrogen) atoms. The predicted octanol–water partition coefficient (Wildman–Crippen LogP) is 15.2. The summed E-state index contributed by atoms with van der Waals surface area (Å²) in [6.45, 7) is 26.5. The zero-order valence-corrected chi connectivity index (χ0v) is 37.1. The third-order valence-electron chi connectivity index (χ3n) is 12.5. The molecule has 0 amide bonds. The van der Waals surface area contributed by atoms with Crippen molar-refractivity contribution in [1.29, 1.82) is 0 Å². The van der Waals surface area contributed by atoms with Gasteiger partial charge in [-0.2, -0.15) is 0 Å². The van der Waals surface area contributed by atoms with Crippen LogP contribution >= 0.6 is 0 Å². The van der Waals surface area contributed by atoms with E-state index in [2.05, 4.69) is 190 Å². The van der Waals surface area contributed by atoms with Crippen LogP contribution in [0.4, 0.5) is 5.69 Å². The number of aromatic amines is 2. The van der Waals surface area contributed by atoms with Gasteiger partial charge in [0.25, 0.3) is 0 Å². The Morgan fingerprint density at radius 3 is 1.00 bits per heavy atom. The molecule has 4 aromatic carbocycles. The SMILES string of the molecule is Cc1cc(C)c(-c2c3cc(c(-c4c(C)cc(C)cc4C)c4ccc([nH]4)c(-c4c(C)cc(C)cc4C)c4nc(c(-c5c(C)cc(C)cc5C)c5ccc2[nH]5)C=C4)N=C3)c(C)c1. The van der Waals surface area contributed by atoms with E-state index in [9.17, 15) is 0 Å². The summed E-state index contributed by atoms with van der Waals surface area (Å²) in [4.78, 5) is 18.9. The number of aryl methyl sites for hydroxylation is 12. The van der Waals surface area contributed by atoms with Crippen LogP contribution in [0, 0.1) is 83.1 Å². The molecular formula is C56H54N4. The molecule has 0 saturated carbocycles. The van der Waals surface area contributed by atoms with Crippen molar-refractivity contribution in [2.24, 2.45) is 4.99 Å². The van der Waals surface area contributed by atoms with Gasteiger partial charge in [0.2, 0.25) is 0 Å². The zero-order valence-electron chi connectivity index (χ0n) is 37.1. The summed E-state index contributed by atoms with van der Waals surface area (Å²) >= 11 is 0. The summed E-state index contributed by atoms with van der Waals surface area (Å²) < 4.78 is 0. The molecule has 0 atom stereocenters. The van der Waals surface area contributed by atoms with Crippen molar-refractivity contribution in [2.45, 2.75) is 83.1 Å². The quantitative estimate of drug-likeness (QED) is 0.184. The van der Waals surface area contributed by atoms with Crippen molar-refractivity contribution in [3.8, 4) is 44.5 Å². The fourth-order valence-corrected chi connectivity index (χ4v) is 10.6. The second-order valence-electron chi connectivity index (χ2n) is 17.6. The van der Waals surface area contributed by atoms with Crippen LogP contribution in [0.25, 0.3) is 78.7 Å². The Kier molecular flexibility index (Phi) is 9.51. The number of rotatable bonds is 4. The third kappa shape index (κ3) is 6.55. The molecule has 2 N–H and O–H groups in total. The summed E-state index contributed by atoms with van der Waals surface area (Å²) in [7, 11) is 0.